The van der Waals surface area contributed by atoms with E-state index in [1.54, 1.807) is 5.38 Å². The minimum atomic E-state index is -1.36. The molecule has 1 saturated heterocycles. The number of carboxylic acids is 1. The van der Waals surface area contributed by atoms with E-state index in [4.69, 9.17) is 10.6 Å². The van der Waals surface area contributed by atoms with Crippen LogP contribution in [0.25, 0.3) is 0 Å². The summed E-state index contributed by atoms with van der Waals surface area (Å²) in [7, 11) is 1.28. The van der Waals surface area contributed by atoms with Crippen molar-refractivity contribution in [2.45, 2.75) is 29.5 Å². The SMILES string of the molecule is CO/N=C(\C(=O)N[C@@H]1C(=O)N2C(C(=O)[O-])=C3CC[C@@H]3S[C@H]12)c1csc(N)n1.[Na+]. The van der Waals surface area contributed by atoms with Gasteiger partial charge in [0.05, 0.1) is 11.7 Å². The van der Waals surface area contributed by atoms with Gasteiger partial charge in [-0.15, -0.1) is 23.1 Å². The van der Waals surface area contributed by atoms with Gasteiger partial charge in [-0.1, -0.05) is 5.16 Å². The molecular weight excluding hydrogens is 417 g/mol. The molecule has 1 aromatic rings. The summed E-state index contributed by atoms with van der Waals surface area (Å²) >= 11 is 2.61. The summed E-state index contributed by atoms with van der Waals surface area (Å²) in [6.07, 6.45) is 1.48. The average molecular weight is 431 g/mol. The number of amides is 2. The molecule has 2 aliphatic heterocycles. The molecule has 3 heterocycles. The molecule has 0 spiro atoms. The Morgan fingerprint density at radius 1 is 1.50 bits per heavy atom. The Morgan fingerprint density at radius 3 is 2.79 bits per heavy atom. The van der Waals surface area contributed by atoms with Crippen LogP contribution in [0.3, 0.4) is 0 Å². The van der Waals surface area contributed by atoms with Crippen LogP contribution in [0.4, 0.5) is 5.13 Å². The Bertz CT molecular complexity index is 916. The van der Waals surface area contributed by atoms with Gasteiger partial charge in [-0.2, -0.15) is 0 Å². The summed E-state index contributed by atoms with van der Waals surface area (Å²) in [5.74, 6) is -2.51. The van der Waals surface area contributed by atoms with Crippen LogP contribution < -0.4 is 45.7 Å². The van der Waals surface area contributed by atoms with E-state index >= 15 is 0 Å². The predicted octanol–water partition coefficient (Wildman–Crippen LogP) is -4.35. The number of aliphatic carboxylic acids is 1. The molecule has 0 unspecified atom stereocenters. The first-order valence-electron chi connectivity index (χ1n) is 7.98. The van der Waals surface area contributed by atoms with Crippen molar-refractivity contribution in [3.05, 3.63) is 22.3 Å². The normalized spacial score (nSPS) is 25.6. The number of oxime groups is 1. The van der Waals surface area contributed by atoms with E-state index in [9.17, 15) is 19.5 Å². The van der Waals surface area contributed by atoms with Gasteiger partial charge in [-0.3, -0.25) is 14.5 Å². The predicted molar refractivity (Wildman–Crippen MR) is 95.3 cm³/mol. The zero-order valence-corrected chi connectivity index (χ0v) is 18.6. The van der Waals surface area contributed by atoms with Crippen molar-refractivity contribution in [2.24, 2.45) is 5.16 Å². The van der Waals surface area contributed by atoms with Gasteiger partial charge in [0.2, 0.25) is 0 Å². The van der Waals surface area contributed by atoms with Crippen molar-refractivity contribution in [2.75, 3.05) is 12.8 Å². The van der Waals surface area contributed by atoms with E-state index in [2.05, 4.69) is 15.5 Å². The van der Waals surface area contributed by atoms with Gasteiger partial charge in [0.15, 0.2) is 10.8 Å². The molecular formula is C15H14N5NaO5S2. The number of carbonyl (C=O) groups excluding carboxylic acids is 3. The Morgan fingerprint density at radius 2 is 2.25 bits per heavy atom. The van der Waals surface area contributed by atoms with Crippen molar-refractivity contribution in [1.29, 1.82) is 0 Å². The molecule has 10 nitrogen and oxygen atoms in total. The van der Waals surface area contributed by atoms with Crippen molar-refractivity contribution >= 4 is 51.7 Å². The van der Waals surface area contributed by atoms with Crippen LogP contribution in [0.15, 0.2) is 21.8 Å². The molecule has 13 heteroatoms. The van der Waals surface area contributed by atoms with Crippen molar-refractivity contribution < 1.29 is 53.9 Å². The van der Waals surface area contributed by atoms with Gasteiger partial charge < -0.3 is 25.8 Å². The molecule has 0 bridgehead atoms. The molecule has 3 atom stereocenters. The summed E-state index contributed by atoms with van der Waals surface area (Å²) in [5.41, 5.74) is 6.38. The van der Waals surface area contributed by atoms with Crippen molar-refractivity contribution in [3.8, 4) is 0 Å². The minimum absolute atomic E-state index is 0. The van der Waals surface area contributed by atoms with Gasteiger partial charge >= 0.3 is 29.6 Å². The maximum absolute atomic E-state index is 12.6. The molecule has 2 fully saturated rings. The number of carboxylic acid groups (broad SMARTS) is 1. The second-order valence-electron chi connectivity index (χ2n) is 6.07. The van der Waals surface area contributed by atoms with E-state index in [1.807, 2.05) is 0 Å². The number of β-lactam (4-membered cyclic amide) rings is 1. The van der Waals surface area contributed by atoms with Crippen LogP contribution in [0.1, 0.15) is 18.5 Å². The number of anilines is 1. The summed E-state index contributed by atoms with van der Waals surface area (Å²) in [6, 6.07) is -0.864. The van der Waals surface area contributed by atoms with Gasteiger partial charge in [0, 0.05) is 10.6 Å². The van der Waals surface area contributed by atoms with Gasteiger partial charge in [-0.05, 0) is 18.4 Å². The third-order valence-corrected chi connectivity index (χ3v) is 6.88. The fraction of sp³-hybridized carbons (Fsp3) is 0.400. The van der Waals surface area contributed by atoms with E-state index in [1.165, 1.54) is 23.8 Å². The first-order chi connectivity index (χ1) is 12.9. The molecule has 142 valence electrons. The number of hydrogen-bond donors (Lipinski definition) is 2. The monoisotopic (exact) mass is 431 g/mol. The number of rotatable bonds is 5. The van der Waals surface area contributed by atoms with Crippen molar-refractivity contribution in [1.82, 2.24) is 15.2 Å². The number of nitrogens with one attached hydrogen (secondary N) is 1. The third-order valence-electron chi connectivity index (χ3n) is 4.60. The largest absolute Gasteiger partial charge is 1.00 e. The van der Waals surface area contributed by atoms with Gasteiger partial charge in [-0.25, -0.2) is 4.98 Å². The second-order valence-corrected chi connectivity index (χ2v) is 8.28. The molecule has 3 N–H and O–H groups in total. The topological polar surface area (TPSA) is 150 Å². The van der Waals surface area contributed by atoms with Crippen LogP contribution in [0.2, 0.25) is 0 Å². The molecule has 1 aliphatic carbocycles. The summed E-state index contributed by atoms with van der Waals surface area (Å²) in [5, 5.41) is 19.1. The number of fused-ring (bicyclic) bond motifs is 2. The standard InChI is InChI=1S/C15H15N5O5S2.Na/c1-25-19-8(6-4-26-15(16)17-6)11(21)18-9-12(22)20-10(14(23)24)5-2-3-7(5)27-13(9)20;/h4,7,9,13H,2-3H2,1H3,(H2,16,17)(H,18,21)(H,23,24);/q;+1/p-1/b19-8-;/t7-,9+,13+;/m0./s1. The van der Waals surface area contributed by atoms with Crippen LogP contribution >= 0.6 is 23.1 Å². The first kappa shape index (κ1) is 21.1. The van der Waals surface area contributed by atoms with Gasteiger partial charge in [0.25, 0.3) is 11.8 Å². The van der Waals surface area contributed by atoms with E-state index in [0.717, 1.165) is 23.3 Å². The number of hydrogen-bond acceptors (Lipinski definition) is 10. The molecule has 0 radical (unpaired) electrons. The summed E-state index contributed by atoms with van der Waals surface area (Å²) < 4.78 is 0. The number of thiazole rings is 1. The molecule has 28 heavy (non-hydrogen) atoms. The van der Waals surface area contributed by atoms with Crippen molar-refractivity contribution in [3.63, 3.8) is 0 Å². The molecule has 4 rings (SSSR count). The Hall–Kier alpha value is -1.60. The molecule has 0 aromatic carbocycles. The number of carbonyl (C=O) groups is 3. The van der Waals surface area contributed by atoms with Crippen LogP contribution in [-0.2, 0) is 19.2 Å². The number of nitrogen functional groups attached to an aromatic ring is 1. The van der Waals surface area contributed by atoms with E-state index in [0.29, 0.717) is 6.42 Å². The zero-order valence-electron chi connectivity index (χ0n) is 15.0. The van der Waals surface area contributed by atoms with Gasteiger partial charge in [0.1, 0.15) is 24.2 Å². The molecule has 1 saturated carbocycles. The molecule has 1 aromatic heterocycles. The Balaban J connectivity index is 0.00000225. The molecule has 2 amide bonds. The van der Waals surface area contributed by atoms with Crippen LogP contribution in [0.5, 0.6) is 0 Å². The Labute approximate surface area is 189 Å². The number of nitrogens with zero attached hydrogens (tertiary/aromatic N) is 3. The minimum Gasteiger partial charge on any atom is -0.543 e. The number of nitrogens with two attached hydrogens (primary N) is 1. The second kappa shape index (κ2) is 8.03. The summed E-state index contributed by atoms with van der Waals surface area (Å²) in [6.45, 7) is 0. The number of thioether (sulfide) groups is 1. The quantitative estimate of drug-likeness (QED) is 0.206. The summed E-state index contributed by atoms with van der Waals surface area (Å²) in [4.78, 5) is 46.5. The zero-order chi connectivity index (χ0) is 19.3. The average Bonchev–Trinajstić information content (AvgIpc) is 3.03. The fourth-order valence-electron chi connectivity index (χ4n) is 3.26. The third kappa shape index (κ3) is 3.32. The molecule has 3 aliphatic rings. The maximum atomic E-state index is 12.6. The Kier molecular flexibility index (Phi) is 6.05. The van der Waals surface area contributed by atoms with E-state index in [-0.39, 0.29) is 57.0 Å². The van der Waals surface area contributed by atoms with Crippen LogP contribution in [0, 0.1) is 0 Å². The number of aromatic nitrogens is 1. The maximum Gasteiger partial charge on any atom is 1.00 e. The van der Waals surface area contributed by atoms with E-state index < -0.39 is 29.2 Å². The fourth-order valence-corrected chi connectivity index (χ4v) is 5.46. The van der Waals surface area contributed by atoms with Crippen LogP contribution in [-0.4, -0.2) is 57.2 Å². The smallest absolute Gasteiger partial charge is 0.543 e. The first-order valence-corrected chi connectivity index (χ1v) is 9.81.